The third kappa shape index (κ3) is 3.86. The number of carbonyl (C=O) groups is 2. The van der Waals surface area contributed by atoms with Crippen LogP contribution < -0.4 is 9.47 Å². The Hall–Kier alpha value is -2.50. The summed E-state index contributed by atoms with van der Waals surface area (Å²) >= 11 is 0. The highest BCUT2D eigenvalue weighted by molar-refractivity contribution is 5.83. The van der Waals surface area contributed by atoms with Crippen molar-refractivity contribution < 1.29 is 19.1 Å². The Bertz CT molecular complexity index is 800. The van der Waals surface area contributed by atoms with Crippen LogP contribution in [0.3, 0.4) is 0 Å². The molecule has 0 N–H and O–H groups in total. The topological polar surface area (TPSA) is 59.1 Å². The average Bonchev–Trinajstić information content (AvgIpc) is 2.97. The molecule has 4 aliphatic heterocycles. The zero-order valence-electron chi connectivity index (χ0n) is 16.6. The maximum Gasteiger partial charge on any atom is 0.231 e. The summed E-state index contributed by atoms with van der Waals surface area (Å²) in [6.45, 7) is 6.21. The first kappa shape index (κ1) is 18.8. The number of amides is 2. The quantitative estimate of drug-likeness (QED) is 0.733. The minimum atomic E-state index is -0.0567. The summed E-state index contributed by atoms with van der Waals surface area (Å²) < 4.78 is 10.7. The molecule has 0 aromatic heterocycles. The van der Waals surface area contributed by atoms with Crippen molar-refractivity contribution in [1.29, 1.82) is 0 Å². The van der Waals surface area contributed by atoms with E-state index in [4.69, 9.17) is 9.47 Å². The predicted octanol–water partition coefficient (Wildman–Crippen LogP) is 2.76. The molecule has 0 aliphatic carbocycles. The molecular formula is C22H28N2O4. The maximum atomic E-state index is 12.9. The van der Waals surface area contributed by atoms with Gasteiger partial charge >= 0.3 is 0 Å². The fourth-order valence-corrected chi connectivity index (χ4v) is 4.27. The normalized spacial score (nSPS) is 23.0. The van der Waals surface area contributed by atoms with E-state index in [0.717, 1.165) is 29.9 Å². The minimum absolute atomic E-state index is 0.0567. The van der Waals surface area contributed by atoms with E-state index >= 15 is 0 Å². The van der Waals surface area contributed by atoms with Crippen LogP contribution in [-0.2, 0) is 16.0 Å². The highest BCUT2D eigenvalue weighted by atomic mass is 16.7. The highest BCUT2D eigenvalue weighted by Crippen LogP contribution is 2.33. The van der Waals surface area contributed by atoms with Crippen LogP contribution >= 0.6 is 0 Å². The molecule has 3 fully saturated rings. The summed E-state index contributed by atoms with van der Waals surface area (Å²) in [4.78, 5) is 29.6. The van der Waals surface area contributed by atoms with E-state index < -0.39 is 0 Å². The molecular weight excluding hydrogens is 356 g/mol. The van der Waals surface area contributed by atoms with Crippen molar-refractivity contribution in [2.24, 2.45) is 5.92 Å². The zero-order valence-corrected chi connectivity index (χ0v) is 16.6. The summed E-state index contributed by atoms with van der Waals surface area (Å²) in [6, 6.07) is 5.97. The molecule has 6 nitrogen and oxygen atoms in total. The Balaban J connectivity index is 1.38. The monoisotopic (exact) mass is 384 g/mol. The molecule has 28 heavy (non-hydrogen) atoms. The number of hydrogen-bond donors (Lipinski definition) is 0. The van der Waals surface area contributed by atoms with Gasteiger partial charge in [0, 0.05) is 32.1 Å². The van der Waals surface area contributed by atoms with Crippen LogP contribution in [0.5, 0.6) is 11.5 Å². The molecule has 2 amide bonds. The standard InChI is InChI=1S/C22H28N2O4/c1-15(2)9-10-24-18-6-5-17(22(24)26)12-23(13-18)21(25)8-4-16-3-7-19-20(11-16)28-14-27-19/h3,7,9,11,17-18H,4-6,8,10,12-14H2,1-2H3/t17-,18+/m0/s1. The summed E-state index contributed by atoms with van der Waals surface area (Å²) in [5, 5.41) is 0. The second-order valence-electron chi connectivity index (χ2n) is 8.19. The van der Waals surface area contributed by atoms with Crippen LogP contribution in [0.25, 0.3) is 0 Å². The van der Waals surface area contributed by atoms with Crippen molar-refractivity contribution in [1.82, 2.24) is 9.80 Å². The predicted molar refractivity (Wildman–Crippen MR) is 105 cm³/mol. The lowest BCUT2D eigenvalue weighted by Crippen LogP contribution is -2.48. The van der Waals surface area contributed by atoms with Gasteiger partial charge in [-0.05, 0) is 50.8 Å². The second-order valence-corrected chi connectivity index (χ2v) is 8.19. The molecule has 4 heterocycles. The first-order chi connectivity index (χ1) is 13.5. The number of ether oxygens (including phenoxy) is 2. The Kier molecular flexibility index (Phi) is 5.29. The van der Waals surface area contributed by atoms with Crippen LogP contribution in [0.4, 0.5) is 0 Å². The Morgan fingerprint density at radius 2 is 2.00 bits per heavy atom. The number of aryl methyl sites for hydroxylation is 1. The summed E-state index contributed by atoms with van der Waals surface area (Å²) in [5.41, 5.74) is 2.28. The number of rotatable bonds is 5. The smallest absolute Gasteiger partial charge is 0.231 e. The SMILES string of the molecule is CC(C)=CCN1C(=O)[C@H]2CC[C@@H]1CN(C(=O)CCc1ccc3c(c1)OCO3)C2. The molecule has 6 heteroatoms. The van der Waals surface area contributed by atoms with Gasteiger partial charge < -0.3 is 19.3 Å². The molecule has 3 saturated heterocycles. The third-order valence-electron chi connectivity index (χ3n) is 5.91. The van der Waals surface area contributed by atoms with Crippen LogP contribution in [0.2, 0.25) is 0 Å². The van der Waals surface area contributed by atoms with Gasteiger partial charge in [0.05, 0.1) is 5.92 Å². The molecule has 0 unspecified atom stereocenters. The van der Waals surface area contributed by atoms with Gasteiger partial charge in [-0.3, -0.25) is 9.59 Å². The summed E-state index contributed by atoms with van der Waals surface area (Å²) in [6.07, 6.45) is 5.09. The number of fused-ring (bicyclic) bond motifs is 5. The number of allylic oxidation sites excluding steroid dienone is 1. The summed E-state index contributed by atoms with van der Waals surface area (Å²) in [7, 11) is 0. The summed E-state index contributed by atoms with van der Waals surface area (Å²) in [5.74, 6) is 1.79. The Morgan fingerprint density at radius 3 is 2.82 bits per heavy atom. The average molecular weight is 384 g/mol. The first-order valence-electron chi connectivity index (χ1n) is 10.1. The molecule has 0 radical (unpaired) electrons. The van der Waals surface area contributed by atoms with E-state index in [2.05, 4.69) is 6.08 Å². The van der Waals surface area contributed by atoms with Crippen LogP contribution in [0, 0.1) is 5.92 Å². The molecule has 0 spiro atoms. The molecule has 1 aromatic carbocycles. The van der Waals surface area contributed by atoms with E-state index in [-0.39, 0.29) is 30.6 Å². The second kappa shape index (κ2) is 7.86. The van der Waals surface area contributed by atoms with Gasteiger partial charge in [0.2, 0.25) is 18.6 Å². The number of benzene rings is 1. The molecule has 5 rings (SSSR count). The van der Waals surface area contributed by atoms with Gasteiger partial charge in [-0.1, -0.05) is 17.7 Å². The van der Waals surface area contributed by atoms with Crippen LogP contribution in [0.1, 0.15) is 38.7 Å². The lowest BCUT2D eigenvalue weighted by Gasteiger charge is -2.35. The molecule has 0 saturated carbocycles. The van der Waals surface area contributed by atoms with Crippen molar-refractivity contribution >= 4 is 11.8 Å². The van der Waals surface area contributed by atoms with Crippen molar-refractivity contribution in [2.75, 3.05) is 26.4 Å². The van der Waals surface area contributed by atoms with E-state index in [1.54, 1.807) is 0 Å². The van der Waals surface area contributed by atoms with Crippen molar-refractivity contribution in [2.45, 2.75) is 45.6 Å². The van der Waals surface area contributed by atoms with Crippen molar-refractivity contribution in [3.05, 3.63) is 35.4 Å². The van der Waals surface area contributed by atoms with Crippen molar-refractivity contribution in [3.8, 4) is 11.5 Å². The highest BCUT2D eigenvalue weighted by Gasteiger charge is 2.41. The van der Waals surface area contributed by atoms with E-state index in [1.807, 2.05) is 41.8 Å². The minimum Gasteiger partial charge on any atom is -0.454 e. The molecule has 2 bridgehead atoms. The van der Waals surface area contributed by atoms with E-state index in [1.165, 1.54) is 5.57 Å². The number of hydrogen-bond acceptors (Lipinski definition) is 4. The lowest BCUT2D eigenvalue weighted by molar-refractivity contribution is -0.139. The zero-order chi connectivity index (χ0) is 19.7. The lowest BCUT2D eigenvalue weighted by atomic mass is 9.94. The molecule has 2 atom stereocenters. The number of piperidine rings is 1. The largest absolute Gasteiger partial charge is 0.454 e. The van der Waals surface area contributed by atoms with Gasteiger partial charge in [0.15, 0.2) is 11.5 Å². The Morgan fingerprint density at radius 1 is 1.18 bits per heavy atom. The van der Waals surface area contributed by atoms with Gasteiger partial charge in [0.1, 0.15) is 0 Å². The van der Waals surface area contributed by atoms with Gasteiger partial charge in [-0.25, -0.2) is 0 Å². The third-order valence-corrected chi connectivity index (χ3v) is 5.91. The number of carbonyl (C=O) groups excluding carboxylic acids is 2. The first-order valence-corrected chi connectivity index (χ1v) is 10.1. The van der Waals surface area contributed by atoms with E-state index in [0.29, 0.717) is 32.5 Å². The van der Waals surface area contributed by atoms with Gasteiger partial charge in [-0.2, -0.15) is 0 Å². The molecule has 4 aliphatic rings. The van der Waals surface area contributed by atoms with Crippen LogP contribution in [0.15, 0.2) is 29.8 Å². The fourth-order valence-electron chi connectivity index (χ4n) is 4.27. The van der Waals surface area contributed by atoms with Gasteiger partial charge in [-0.15, -0.1) is 0 Å². The Labute approximate surface area is 166 Å². The molecule has 150 valence electrons. The number of nitrogens with zero attached hydrogens (tertiary/aromatic N) is 2. The van der Waals surface area contributed by atoms with Gasteiger partial charge in [0.25, 0.3) is 0 Å². The van der Waals surface area contributed by atoms with Crippen LogP contribution in [-0.4, -0.2) is 54.1 Å². The fraction of sp³-hybridized carbons (Fsp3) is 0.545. The molecule has 1 aromatic rings. The maximum absolute atomic E-state index is 12.9. The van der Waals surface area contributed by atoms with Crippen molar-refractivity contribution in [3.63, 3.8) is 0 Å². The van der Waals surface area contributed by atoms with E-state index in [9.17, 15) is 9.59 Å².